The van der Waals surface area contributed by atoms with Crippen molar-refractivity contribution in [2.75, 3.05) is 13.2 Å². The number of aromatic nitrogens is 3. The van der Waals surface area contributed by atoms with Crippen LogP contribution in [0.4, 0.5) is 0 Å². The minimum absolute atomic E-state index is 0.214. The molecule has 0 aromatic carbocycles. The van der Waals surface area contributed by atoms with Crippen molar-refractivity contribution in [2.45, 2.75) is 44.7 Å². The van der Waals surface area contributed by atoms with Crippen LogP contribution in [0.5, 0.6) is 0 Å². The van der Waals surface area contributed by atoms with Crippen LogP contribution in [0.15, 0.2) is 24.7 Å². The Kier molecular flexibility index (Phi) is 4.28. The van der Waals surface area contributed by atoms with Gasteiger partial charge in [-0.1, -0.05) is 19.3 Å². The van der Waals surface area contributed by atoms with Crippen molar-refractivity contribution in [3.8, 4) is 0 Å². The molecule has 1 aliphatic rings. The van der Waals surface area contributed by atoms with Crippen molar-refractivity contribution >= 4 is 5.78 Å². The fourth-order valence-electron chi connectivity index (χ4n) is 3.17. The van der Waals surface area contributed by atoms with Crippen molar-refractivity contribution in [3.63, 3.8) is 0 Å². The van der Waals surface area contributed by atoms with E-state index in [1.807, 2.05) is 22.9 Å². The summed E-state index contributed by atoms with van der Waals surface area (Å²) in [7, 11) is 0. The molecule has 1 N–H and O–H groups in total. The summed E-state index contributed by atoms with van der Waals surface area (Å²) in [5.41, 5.74) is 1.15. The monoisotopic (exact) mass is 274 g/mol. The number of aliphatic hydroxyl groups is 1. The Hall–Kier alpha value is -1.46. The van der Waals surface area contributed by atoms with Crippen LogP contribution in [0.1, 0.15) is 37.8 Å². The molecule has 0 saturated heterocycles. The fraction of sp³-hybridized carbons (Fsp3) is 0.600. The van der Waals surface area contributed by atoms with Crippen LogP contribution >= 0.6 is 0 Å². The lowest BCUT2D eigenvalue weighted by atomic mass is 9.94. The average Bonchev–Trinajstić information content (AvgIpc) is 2.91. The lowest BCUT2D eigenvalue weighted by molar-refractivity contribution is 0.115. The zero-order valence-corrected chi connectivity index (χ0v) is 11.8. The summed E-state index contributed by atoms with van der Waals surface area (Å²) in [6.45, 7) is 1.78. The van der Waals surface area contributed by atoms with Crippen LogP contribution in [0.25, 0.3) is 5.78 Å². The molecule has 5 heteroatoms. The Morgan fingerprint density at radius 3 is 2.90 bits per heavy atom. The summed E-state index contributed by atoms with van der Waals surface area (Å²) in [6.07, 6.45) is 12.1. The van der Waals surface area contributed by atoms with Crippen LogP contribution in [0, 0.1) is 0 Å². The van der Waals surface area contributed by atoms with Gasteiger partial charge in [0.1, 0.15) is 0 Å². The third kappa shape index (κ3) is 2.83. The van der Waals surface area contributed by atoms with Crippen molar-refractivity contribution in [3.05, 3.63) is 30.4 Å². The lowest BCUT2D eigenvalue weighted by Crippen LogP contribution is -2.38. The third-order valence-electron chi connectivity index (χ3n) is 4.21. The highest BCUT2D eigenvalue weighted by atomic mass is 16.3. The first-order valence-corrected chi connectivity index (χ1v) is 7.50. The molecule has 0 atom stereocenters. The highest BCUT2D eigenvalue weighted by molar-refractivity contribution is 5.30. The van der Waals surface area contributed by atoms with Gasteiger partial charge in [0.15, 0.2) is 0 Å². The normalized spacial score (nSPS) is 17.1. The summed E-state index contributed by atoms with van der Waals surface area (Å²) < 4.78 is 2.03. The maximum Gasteiger partial charge on any atom is 0.233 e. The van der Waals surface area contributed by atoms with Crippen molar-refractivity contribution in [1.29, 1.82) is 0 Å². The number of fused-ring (bicyclic) bond motifs is 1. The first kappa shape index (κ1) is 13.5. The molecule has 1 aliphatic carbocycles. The van der Waals surface area contributed by atoms with Gasteiger partial charge >= 0.3 is 0 Å². The van der Waals surface area contributed by atoms with Gasteiger partial charge < -0.3 is 5.11 Å². The Bertz CT molecular complexity index is 548. The highest BCUT2D eigenvalue weighted by Crippen LogP contribution is 2.23. The molecule has 1 fully saturated rings. The number of hydrogen-bond acceptors (Lipinski definition) is 4. The molecule has 20 heavy (non-hydrogen) atoms. The van der Waals surface area contributed by atoms with Gasteiger partial charge in [0, 0.05) is 31.5 Å². The molecule has 0 radical (unpaired) electrons. The number of rotatable bonds is 5. The SMILES string of the molecule is OCCN(Cc1cnc2ncccn12)C1CCCCC1. The number of nitrogens with zero attached hydrogens (tertiary/aromatic N) is 4. The predicted octanol–water partition coefficient (Wildman–Crippen LogP) is 1.86. The fourth-order valence-corrected chi connectivity index (χ4v) is 3.17. The van der Waals surface area contributed by atoms with E-state index in [2.05, 4.69) is 14.9 Å². The zero-order chi connectivity index (χ0) is 13.8. The molecule has 0 unspecified atom stereocenters. The van der Waals surface area contributed by atoms with Gasteiger partial charge in [-0.15, -0.1) is 0 Å². The molecule has 1 saturated carbocycles. The van der Waals surface area contributed by atoms with Gasteiger partial charge in [-0.3, -0.25) is 9.30 Å². The largest absolute Gasteiger partial charge is 0.395 e. The molecule has 0 amide bonds. The topological polar surface area (TPSA) is 53.7 Å². The minimum Gasteiger partial charge on any atom is -0.395 e. The van der Waals surface area contributed by atoms with Gasteiger partial charge in [-0.2, -0.15) is 0 Å². The third-order valence-corrected chi connectivity index (χ3v) is 4.21. The van der Waals surface area contributed by atoms with E-state index in [1.54, 1.807) is 6.20 Å². The first-order chi connectivity index (χ1) is 9.88. The van der Waals surface area contributed by atoms with Crippen molar-refractivity contribution < 1.29 is 5.11 Å². The van der Waals surface area contributed by atoms with Crippen LogP contribution < -0.4 is 0 Å². The van der Waals surface area contributed by atoms with E-state index in [-0.39, 0.29) is 6.61 Å². The summed E-state index contributed by atoms with van der Waals surface area (Å²) in [6, 6.07) is 2.52. The van der Waals surface area contributed by atoms with E-state index in [1.165, 1.54) is 32.1 Å². The molecule has 2 heterocycles. The van der Waals surface area contributed by atoms with E-state index in [9.17, 15) is 5.11 Å². The van der Waals surface area contributed by atoms with Gasteiger partial charge in [-0.25, -0.2) is 9.97 Å². The molecule has 0 spiro atoms. The summed E-state index contributed by atoms with van der Waals surface area (Å²) in [5.74, 6) is 0.745. The highest BCUT2D eigenvalue weighted by Gasteiger charge is 2.21. The molecule has 0 aliphatic heterocycles. The summed E-state index contributed by atoms with van der Waals surface area (Å²) in [4.78, 5) is 11.0. The van der Waals surface area contributed by atoms with Crippen LogP contribution in [0.2, 0.25) is 0 Å². The number of hydrogen-bond donors (Lipinski definition) is 1. The lowest BCUT2D eigenvalue weighted by Gasteiger charge is -2.33. The molecular weight excluding hydrogens is 252 g/mol. The molecular formula is C15H22N4O. The van der Waals surface area contributed by atoms with Gasteiger partial charge in [-0.05, 0) is 18.9 Å². The van der Waals surface area contributed by atoms with E-state index >= 15 is 0 Å². The molecule has 108 valence electrons. The van der Waals surface area contributed by atoms with E-state index in [0.29, 0.717) is 6.04 Å². The molecule has 2 aromatic heterocycles. The summed E-state index contributed by atoms with van der Waals surface area (Å²) in [5, 5.41) is 9.33. The Morgan fingerprint density at radius 2 is 2.10 bits per heavy atom. The maximum absolute atomic E-state index is 9.33. The molecule has 5 nitrogen and oxygen atoms in total. The average molecular weight is 274 g/mol. The van der Waals surface area contributed by atoms with E-state index in [4.69, 9.17) is 0 Å². The van der Waals surface area contributed by atoms with Crippen LogP contribution in [-0.4, -0.2) is 43.6 Å². The maximum atomic E-state index is 9.33. The summed E-state index contributed by atoms with van der Waals surface area (Å²) >= 11 is 0. The second-order valence-electron chi connectivity index (χ2n) is 5.53. The Morgan fingerprint density at radius 1 is 1.25 bits per heavy atom. The second-order valence-corrected chi connectivity index (χ2v) is 5.53. The molecule has 3 rings (SSSR count). The van der Waals surface area contributed by atoms with Crippen LogP contribution in [0.3, 0.4) is 0 Å². The van der Waals surface area contributed by atoms with Gasteiger partial charge in [0.05, 0.1) is 18.5 Å². The van der Waals surface area contributed by atoms with E-state index in [0.717, 1.165) is 24.6 Å². The minimum atomic E-state index is 0.214. The molecule has 0 bridgehead atoms. The Balaban J connectivity index is 1.78. The molecule has 2 aromatic rings. The first-order valence-electron chi connectivity index (χ1n) is 7.50. The van der Waals surface area contributed by atoms with Crippen molar-refractivity contribution in [2.24, 2.45) is 0 Å². The Labute approximate surface area is 119 Å². The quantitative estimate of drug-likeness (QED) is 0.904. The van der Waals surface area contributed by atoms with E-state index < -0.39 is 0 Å². The zero-order valence-electron chi connectivity index (χ0n) is 11.8. The number of imidazole rings is 1. The van der Waals surface area contributed by atoms with Gasteiger partial charge in [0.2, 0.25) is 5.78 Å². The predicted molar refractivity (Wildman–Crippen MR) is 77.4 cm³/mol. The van der Waals surface area contributed by atoms with Gasteiger partial charge in [0.25, 0.3) is 0 Å². The number of aliphatic hydroxyl groups excluding tert-OH is 1. The second kappa shape index (κ2) is 6.33. The van der Waals surface area contributed by atoms with Crippen molar-refractivity contribution in [1.82, 2.24) is 19.3 Å². The standard InChI is InChI=1S/C15H22N4O/c20-10-9-18(13-5-2-1-3-6-13)12-14-11-17-15-16-7-4-8-19(14)15/h4,7-8,11,13,20H,1-3,5-6,9-10,12H2. The smallest absolute Gasteiger partial charge is 0.233 e. The van der Waals surface area contributed by atoms with Crippen LogP contribution in [-0.2, 0) is 6.54 Å².